The molecule has 2 aliphatic heterocycles. The van der Waals surface area contributed by atoms with E-state index in [0.29, 0.717) is 27.9 Å². The highest BCUT2D eigenvalue weighted by Gasteiger charge is 2.70. The predicted octanol–water partition coefficient (Wildman–Crippen LogP) is 4.71. The Morgan fingerprint density at radius 2 is 1.77 bits per heavy atom. The van der Waals surface area contributed by atoms with Crippen LogP contribution in [-0.2, 0) is 19.2 Å². The number of thiazole rings is 1. The number of H-pyrrole nitrogens is 1. The third-order valence-electron chi connectivity index (χ3n) is 9.32. The number of ether oxygens (including phenoxy) is 1. The number of carboxylic acids is 1. The Labute approximate surface area is 269 Å². The van der Waals surface area contributed by atoms with Crippen molar-refractivity contribution < 1.29 is 29.0 Å². The number of anilines is 1. The fourth-order valence-corrected chi connectivity index (χ4v) is 10.8. The van der Waals surface area contributed by atoms with E-state index in [2.05, 4.69) is 10.3 Å². The second kappa shape index (κ2) is 10.9. The SMILES string of the molecule is CC(C(=O)O)N1C(=O)C2C3CC(C2C1=O)C1C3Sc2[nH]c(=O)sc2[C@@H]1c1ccc(OCC(=O)Nc2ccc(Cl)c(Cl)c2)cc1. The lowest BCUT2D eigenvalue weighted by Gasteiger charge is -2.43. The van der Waals surface area contributed by atoms with Gasteiger partial charge < -0.3 is 20.1 Å². The van der Waals surface area contributed by atoms with Crippen molar-refractivity contribution in [2.45, 2.75) is 35.6 Å². The first-order valence-electron chi connectivity index (χ1n) is 14.0. The number of aromatic nitrogens is 1. The van der Waals surface area contributed by atoms with Crippen molar-refractivity contribution in [3.05, 3.63) is 72.6 Å². The summed E-state index contributed by atoms with van der Waals surface area (Å²) in [6.07, 6.45) is 0.704. The number of aliphatic carboxylic acids is 1. The number of carbonyl (C=O) groups is 4. The van der Waals surface area contributed by atoms with Gasteiger partial charge >= 0.3 is 10.8 Å². The lowest BCUT2D eigenvalue weighted by molar-refractivity contribution is -0.154. The standard InChI is InChI=1S/C30H25Cl2N3O7S2/c1-11(29(39)40)35-27(37)22-15-9-16(23(22)28(35)38)24-21(15)20(25-26(43-24)34-30(41)44-25)12-2-5-14(6-3-12)42-10-19(36)33-13-4-7-17(31)18(32)8-13/h2-8,11,15-16,20-24H,9-10H2,1H3,(H,33,36)(H,34,41)(H,39,40)/t11?,15?,16?,20-,21?,22?,23?,24?/m1/s1. The molecule has 3 amide bonds. The molecule has 2 aromatic carbocycles. The van der Waals surface area contributed by atoms with Crippen LogP contribution >= 0.6 is 46.3 Å². The number of nitrogens with zero attached hydrogens (tertiary/aromatic N) is 1. The van der Waals surface area contributed by atoms with Crippen molar-refractivity contribution >= 4 is 75.7 Å². The van der Waals surface area contributed by atoms with E-state index in [1.54, 1.807) is 42.1 Å². The third-order valence-corrected chi connectivity index (χ3v) is 12.6. The minimum Gasteiger partial charge on any atom is -0.484 e. The number of amides is 3. The molecule has 3 heterocycles. The number of hydrogen-bond donors (Lipinski definition) is 3. The molecule has 14 heteroatoms. The van der Waals surface area contributed by atoms with Gasteiger partial charge in [-0.05, 0) is 67.0 Å². The van der Waals surface area contributed by atoms with E-state index in [0.717, 1.165) is 31.7 Å². The van der Waals surface area contributed by atoms with E-state index in [4.69, 9.17) is 27.9 Å². The first-order valence-corrected chi connectivity index (χ1v) is 16.5. The summed E-state index contributed by atoms with van der Waals surface area (Å²) in [6.45, 7) is 1.14. The van der Waals surface area contributed by atoms with Gasteiger partial charge in [0, 0.05) is 21.7 Å². The molecule has 7 unspecified atom stereocenters. The first kappa shape index (κ1) is 29.4. The van der Waals surface area contributed by atoms with Crippen molar-refractivity contribution in [3.8, 4) is 5.75 Å². The number of halogens is 2. The summed E-state index contributed by atoms with van der Waals surface area (Å²) in [5.41, 5.74) is 1.42. The second-order valence-electron chi connectivity index (χ2n) is 11.6. The van der Waals surface area contributed by atoms with Crippen LogP contribution in [0.4, 0.5) is 5.69 Å². The maximum Gasteiger partial charge on any atom is 0.326 e. The molecule has 4 aliphatic rings. The first-order chi connectivity index (χ1) is 21.0. The lowest BCUT2D eigenvalue weighted by atomic mass is 9.68. The molecule has 0 radical (unpaired) electrons. The number of carbonyl (C=O) groups excluding carboxylic acids is 3. The molecule has 1 saturated heterocycles. The number of carboxylic acid groups (broad SMARTS) is 1. The van der Waals surface area contributed by atoms with E-state index < -0.39 is 35.7 Å². The highest BCUT2D eigenvalue weighted by atomic mass is 35.5. The molecule has 1 aromatic heterocycles. The van der Waals surface area contributed by atoms with Crippen LogP contribution in [-0.4, -0.2) is 56.6 Å². The quantitative estimate of drug-likeness (QED) is 0.306. The predicted molar refractivity (Wildman–Crippen MR) is 164 cm³/mol. The molecular formula is C30H25Cl2N3O7S2. The molecule has 3 N–H and O–H groups in total. The van der Waals surface area contributed by atoms with Crippen LogP contribution in [0.15, 0.2) is 52.3 Å². The lowest BCUT2D eigenvalue weighted by Crippen LogP contribution is -2.44. The maximum absolute atomic E-state index is 13.5. The van der Waals surface area contributed by atoms with E-state index in [-0.39, 0.29) is 46.3 Å². The normalized spacial score (nSPS) is 28.8. The van der Waals surface area contributed by atoms with Gasteiger partial charge in [-0.1, -0.05) is 46.7 Å². The average Bonchev–Trinajstić information content (AvgIpc) is 3.72. The van der Waals surface area contributed by atoms with Crippen molar-refractivity contribution in [3.63, 3.8) is 0 Å². The Hall–Kier alpha value is -3.32. The van der Waals surface area contributed by atoms with Crippen LogP contribution in [0.5, 0.6) is 5.75 Å². The zero-order valence-electron chi connectivity index (χ0n) is 23.0. The van der Waals surface area contributed by atoms with Crippen molar-refractivity contribution in [2.24, 2.45) is 29.6 Å². The van der Waals surface area contributed by atoms with E-state index in [9.17, 15) is 29.1 Å². The highest BCUT2D eigenvalue weighted by Crippen LogP contribution is 2.68. The average molecular weight is 675 g/mol. The van der Waals surface area contributed by atoms with Gasteiger partial charge in [-0.3, -0.25) is 24.1 Å². The third kappa shape index (κ3) is 4.65. The number of fused-ring (bicyclic) bond motifs is 9. The number of imide groups is 1. The Kier molecular flexibility index (Phi) is 7.31. The monoisotopic (exact) mass is 673 g/mol. The molecule has 3 fully saturated rings. The molecule has 7 rings (SSSR count). The molecule has 228 valence electrons. The summed E-state index contributed by atoms with van der Waals surface area (Å²) < 4.78 is 5.72. The van der Waals surface area contributed by atoms with Gasteiger partial charge in [0.25, 0.3) is 5.91 Å². The molecule has 10 nitrogen and oxygen atoms in total. The summed E-state index contributed by atoms with van der Waals surface area (Å²) in [5, 5.41) is 13.7. The Bertz CT molecular complexity index is 1780. The molecule has 8 atom stereocenters. The number of likely N-dealkylation sites (tertiary alicyclic amines) is 1. The van der Waals surface area contributed by atoms with Crippen LogP contribution in [0, 0.1) is 29.6 Å². The molecule has 3 aromatic rings. The fraction of sp³-hybridized carbons (Fsp3) is 0.367. The minimum atomic E-state index is -1.22. The topological polar surface area (TPSA) is 146 Å². The number of benzene rings is 2. The summed E-state index contributed by atoms with van der Waals surface area (Å²) in [6, 6.07) is 10.9. The van der Waals surface area contributed by atoms with Crippen LogP contribution < -0.4 is 14.9 Å². The summed E-state index contributed by atoms with van der Waals surface area (Å²) in [4.78, 5) is 68.2. The fourth-order valence-electron chi connectivity index (χ4n) is 7.60. The van der Waals surface area contributed by atoms with Gasteiger partial charge in [0.2, 0.25) is 11.8 Å². The zero-order valence-corrected chi connectivity index (χ0v) is 26.1. The van der Waals surface area contributed by atoms with Crippen molar-refractivity contribution in [1.82, 2.24) is 9.88 Å². The smallest absolute Gasteiger partial charge is 0.326 e. The van der Waals surface area contributed by atoms with Crippen molar-refractivity contribution in [2.75, 3.05) is 11.9 Å². The van der Waals surface area contributed by atoms with Gasteiger partial charge in [0.1, 0.15) is 11.8 Å². The Morgan fingerprint density at radius 3 is 2.45 bits per heavy atom. The zero-order chi connectivity index (χ0) is 31.0. The van der Waals surface area contributed by atoms with Crippen LogP contribution in [0.2, 0.25) is 10.0 Å². The number of rotatable bonds is 7. The molecule has 2 aliphatic carbocycles. The molecule has 2 bridgehead atoms. The van der Waals surface area contributed by atoms with Crippen LogP contribution in [0.25, 0.3) is 0 Å². The van der Waals surface area contributed by atoms with Crippen LogP contribution in [0.1, 0.15) is 29.7 Å². The number of nitrogens with one attached hydrogen (secondary N) is 2. The van der Waals surface area contributed by atoms with Gasteiger partial charge in [-0.25, -0.2) is 4.79 Å². The van der Waals surface area contributed by atoms with Gasteiger partial charge in [0.15, 0.2) is 6.61 Å². The van der Waals surface area contributed by atoms with E-state index in [1.807, 2.05) is 12.1 Å². The number of aromatic amines is 1. The van der Waals surface area contributed by atoms with Crippen molar-refractivity contribution in [1.29, 1.82) is 0 Å². The second-order valence-corrected chi connectivity index (χ2v) is 14.6. The molecule has 2 saturated carbocycles. The Balaban J connectivity index is 1.13. The van der Waals surface area contributed by atoms with Gasteiger partial charge in [-0.15, -0.1) is 11.8 Å². The van der Waals surface area contributed by atoms with Crippen LogP contribution in [0.3, 0.4) is 0 Å². The summed E-state index contributed by atoms with van der Waals surface area (Å²) in [5.74, 6) is -3.45. The van der Waals surface area contributed by atoms with E-state index in [1.165, 1.54) is 6.92 Å². The summed E-state index contributed by atoms with van der Waals surface area (Å²) >= 11 is 14.7. The number of hydrogen-bond acceptors (Lipinski definition) is 8. The largest absolute Gasteiger partial charge is 0.484 e. The Morgan fingerprint density at radius 1 is 1.07 bits per heavy atom. The summed E-state index contributed by atoms with van der Waals surface area (Å²) in [7, 11) is 0. The minimum absolute atomic E-state index is 0.0122. The van der Waals surface area contributed by atoms with Gasteiger partial charge in [-0.2, -0.15) is 0 Å². The molecule has 0 spiro atoms. The molecule has 44 heavy (non-hydrogen) atoms. The highest BCUT2D eigenvalue weighted by molar-refractivity contribution is 8.00. The maximum atomic E-state index is 13.5. The van der Waals surface area contributed by atoms with Gasteiger partial charge in [0.05, 0.1) is 26.9 Å². The molecular weight excluding hydrogens is 649 g/mol. The number of thioether (sulfide) groups is 1. The van der Waals surface area contributed by atoms with E-state index >= 15 is 0 Å².